The maximum absolute atomic E-state index is 12.4. The van der Waals surface area contributed by atoms with Gasteiger partial charge in [-0.1, -0.05) is 5.16 Å². The van der Waals surface area contributed by atoms with E-state index in [2.05, 4.69) is 5.16 Å². The molecule has 1 amide bonds. The molecule has 0 aliphatic carbocycles. The van der Waals surface area contributed by atoms with Crippen molar-refractivity contribution in [2.75, 3.05) is 26.8 Å². The van der Waals surface area contributed by atoms with Crippen molar-refractivity contribution < 1.29 is 14.7 Å². The molecule has 1 rings (SSSR count). The number of pyridine rings is 1. The number of oxime groups is 1. The first-order chi connectivity index (χ1) is 9.99. The number of amides is 1. The first-order valence-corrected chi connectivity index (χ1v) is 6.41. The summed E-state index contributed by atoms with van der Waals surface area (Å²) >= 11 is 0. The van der Waals surface area contributed by atoms with Gasteiger partial charge in [0.2, 0.25) is 0 Å². The lowest BCUT2D eigenvalue weighted by molar-refractivity contribution is 0.0700. The van der Waals surface area contributed by atoms with Gasteiger partial charge in [-0.2, -0.15) is 0 Å². The van der Waals surface area contributed by atoms with Gasteiger partial charge in [-0.05, 0) is 6.07 Å². The standard InChI is InChI=1S/C13H20N4O4/c1-16-5-3-10(9-12(16)18)13(19)17(7-8-21-2)6-4-11(14)15-20/h3,5,9,20H,4,6-8H2,1-2H3,(H2,14,15). The van der Waals surface area contributed by atoms with Gasteiger partial charge in [0, 0.05) is 51.5 Å². The van der Waals surface area contributed by atoms with Crippen LogP contribution in [0.5, 0.6) is 0 Å². The van der Waals surface area contributed by atoms with Gasteiger partial charge in [0.15, 0.2) is 0 Å². The quantitative estimate of drug-likeness (QED) is 0.308. The summed E-state index contributed by atoms with van der Waals surface area (Å²) in [5, 5.41) is 11.4. The van der Waals surface area contributed by atoms with Crippen molar-refractivity contribution in [2.45, 2.75) is 6.42 Å². The average Bonchev–Trinajstić information content (AvgIpc) is 2.49. The van der Waals surface area contributed by atoms with E-state index in [4.69, 9.17) is 15.7 Å². The summed E-state index contributed by atoms with van der Waals surface area (Å²) in [5.74, 6) is -0.260. The predicted molar refractivity (Wildman–Crippen MR) is 77.5 cm³/mol. The van der Waals surface area contributed by atoms with Crippen LogP contribution in [0.1, 0.15) is 16.8 Å². The van der Waals surface area contributed by atoms with Crippen LogP contribution in [0.25, 0.3) is 0 Å². The molecule has 1 heterocycles. The minimum atomic E-state index is -0.296. The third-order valence-corrected chi connectivity index (χ3v) is 2.97. The first kappa shape index (κ1) is 16.7. The number of aromatic nitrogens is 1. The molecule has 0 bridgehead atoms. The fourth-order valence-corrected chi connectivity index (χ4v) is 1.68. The molecule has 0 unspecified atom stereocenters. The summed E-state index contributed by atoms with van der Waals surface area (Å²) in [5.41, 5.74) is 5.45. The Balaban J connectivity index is 2.87. The number of rotatable bonds is 7. The second-order valence-electron chi connectivity index (χ2n) is 4.49. The molecule has 0 saturated carbocycles. The molecule has 0 atom stereocenters. The molecular weight excluding hydrogens is 276 g/mol. The fourth-order valence-electron chi connectivity index (χ4n) is 1.68. The van der Waals surface area contributed by atoms with Crippen molar-refractivity contribution in [3.8, 4) is 0 Å². The van der Waals surface area contributed by atoms with Crippen LogP contribution in [0, 0.1) is 0 Å². The Kier molecular flexibility index (Phi) is 6.41. The highest BCUT2D eigenvalue weighted by Gasteiger charge is 2.16. The number of carbonyl (C=O) groups excluding carboxylic acids is 1. The molecule has 21 heavy (non-hydrogen) atoms. The highest BCUT2D eigenvalue weighted by molar-refractivity contribution is 5.94. The lowest BCUT2D eigenvalue weighted by Gasteiger charge is -2.22. The molecule has 3 N–H and O–H groups in total. The summed E-state index contributed by atoms with van der Waals surface area (Å²) in [6, 6.07) is 2.86. The highest BCUT2D eigenvalue weighted by atomic mass is 16.5. The molecule has 8 nitrogen and oxygen atoms in total. The Morgan fingerprint density at radius 2 is 2.24 bits per heavy atom. The number of amidine groups is 1. The molecule has 8 heteroatoms. The van der Waals surface area contributed by atoms with Crippen LogP contribution in [0.2, 0.25) is 0 Å². The normalized spacial score (nSPS) is 11.4. The van der Waals surface area contributed by atoms with Gasteiger partial charge in [-0.3, -0.25) is 9.59 Å². The van der Waals surface area contributed by atoms with E-state index in [1.165, 1.54) is 28.8 Å². The Bertz CT molecular complexity index is 568. The Hall–Kier alpha value is -2.35. The van der Waals surface area contributed by atoms with Gasteiger partial charge >= 0.3 is 0 Å². The molecule has 0 aliphatic heterocycles. The monoisotopic (exact) mass is 296 g/mol. The van der Waals surface area contributed by atoms with E-state index in [0.29, 0.717) is 18.7 Å². The molecule has 116 valence electrons. The third kappa shape index (κ3) is 4.92. The van der Waals surface area contributed by atoms with Crippen LogP contribution in [-0.2, 0) is 11.8 Å². The molecule has 0 radical (unpaired) electrons. The van der Waals surface area contributed by atoms with Gasteiger partial charge in [-0.15, -0.1) is 0 Å². The number of nitrogens with two attached hydrogens (primary N) is 1. The molecule has 0 aromatic carbocycles. The van der Waals surface area contributed by atoms with E-state index in [-0.39, 0.29) is 30.3 Å². The summed E-state index contributed by atoms with van der Waals surface area (Å²) in [7, 11) is 3.14. The summed E-state index contributed by atoms with van der Waals surface area (Å²) < 4.78 is 6.35. The third-order valence-electron chi connectivity index (χ3n) is 2.97. The van der Waals surface area contributed by atoms with E-state index in [1.807, 2.05) is 0 Å². The fraction of sp³-hybridized carbons (Fsp3) is 0.462. The van der Waals surface area contributed by atoms with Crippen LogP contribution in [0.15, 0.2) is 28.3 Å². The average molecular weight is 296 g/mol. The molecule has 1 aromatic rings. The van der Waals surface area contributed by atoms with Crippen molar-refractivity contribution >= 4 is 11.7 Å². The summed E-state index contributed by atoms with van der Waals surface area (Å²) in [6.07, 6.45) is 1.77. The Morgan fingerprint density at radius 3 is 2.81 bits per heavy atom. The van der Waals surface area contributed by atoms with Gasteiger partial charge < -0.3 is 25.1 Å². The number of aryl methyl sites for hydroxylation is 1. The minimum absolute atomic E-state index is 0.0363. The maximum atomic E-state index is 12.4. The van der Waals surface area contributed by atoms with Crippen LogP contribution in [0.3, 0.4) is 0 Å². The number of hydrogen-bond donors (Lipinski definition) is 2. The lowest BCUT2D eigenvalue weighted by Crippen LogP contribution is -2.37. The molecule has 0 spiro atoms. The topological polar surface area (TPSA) is 110 Å². The van der Waals surface area contributed by atoms with Crippen molar-refractivity contribution in [1.29, 1.82) is 0 Å². The molecule has 0 fully saturated rings. The zero-order valence-corrected chi connectivity index (χ0v) is 12.2. The largest absolute Gasteiger partial charge is 0.409 e. The van der Waals surface area contributed by atoms with Crippen molar-refractivity contribution in [3.63, 3.8) is 0 Å². The van der Waals surface area contributed by atoms with Crippen LogP contribution in [0.4, 0.5) is 0 Å². The lowest BCUT2D eigenvalue weighted by atomic mass is 10.2. The maximum Gasteiger partial charge on any atom is 0.254 e. The number of nitrogens with zero attached hydrogens (tertiary/aromatic N) is 3. The number of hydrogen-bond acceptors (Lipinski definition) is 5. The van der Waals surface area contributed by atoms with Crippen LogP contribution < -0.4 is 11.3 Å². The van der Waals surface area contributed by atoms with Gasteiger partial charge in [0.05, 0.1) is 6.61 Å². The summed E-state index contributed by atoms with van der Waals surface area (Å²) in [6.45, 7) is 0.976. The zero-order chi connectivity index (χ0) is 15.8. The SMILES string of the molecule is COCCN(CC/C(N)=N/O)C(=O)c1ccn(C)c(=O)c1. The van der Waals surface area contributed by atoms with Crippen LogP contribution >= 0.6 is 0 Å². The van der Waals surface area contributed by atoms with Crippen molar-refractivity contribution in [3.05, 3.63) is 34.2 Å². The smallest absolute Gasteiger partial charge is 0.254 e. The Labute approximate surface area is 122 Å². The number of ether oxygens (including phenoxy) is 1. The van der Waals surface area contributed by atoms with E-state index in [1.54, 1.807) is 13.1 Å². The van der Waals surface area contributed by atoms with E-state index < -0.39 is 0 Å². The van der Waals surface area contributed by atoms with Crippen molar-refractivity contribution in [2.24, 2.45) is 17.9 Å². The van der Waals surface area contributed by atoms with Gasteiger partial charge in [0.25, 0.3) is 11.5 Å². The molecule has 0 aliphatic rings. The first-order valence-electron chi connectivity index (χ1n) is 6.41. The number of methoxy groups -OCH3 is 1. The van der Waals surface area contributed by atoms with E-state index in [0.717, 1.165) is 0 Å². The second-order valence-corrected chi connectivity index (χ2v) is 4.49. The van der Waals surface area contributed by atoms with E-state index >= 15 is 0 Å². The molecule has 0 saturated heterocycles. The zero-order valence-electron chi connectivity index (χ0n) is 12.2. The van der Waals surface area contributed by atoms with Gasteiger partial charge in [0.1, 0.15) is 5.84 Å². The van der Waals surface area contributed by atoms with Crippen LogP contribution in [-0.4, -0.2) is 53.2 Å². The molecule has 1 aromatic heterocycles. The van der Waals surface area contributed by atoms with Crippen molar-refractivity contribution in [1.82, 2.24) is 9.47 Å². The second kappa shape index (κ2) is 8.05. The van der Waals surface area contributed by atoms with E-state index in [9.17, 15) is 9.59 Å². The molecular formula is C13H20N4O4. The van der Waals surface area contributed by atoms with Gasteiger partial charge in [-0.25, -0.2) is 0 Å². The Morgan fingerprint density at radius 1 is 1.52 bits per heavy atom. The number of carbonyl (C=O) groups is 1. The minimum Gasteiger partial charge on any atom is -0.409 e. The summed E-state index contributed by atoms with van der Waals surface area (Å²) in [4.78, 5) is 25.5. The predicted octanol–water partition coefficient (Wildman–Crippen LogP) is -0.390. The highest BCUT2D eigenvalue weighted by Crippen LogP contribution is 2.04.